The summed E-state index contributed by atoms with van der Waals surface area (Å²) in [6, 6.07) is 0.225. The van der Waals surface area contributed by atoms with Gasteiger partial charge in [-0.3, -0.25) is 4.57 Å². The third kappa shape index (κ3) is 4.95. The summed E-state index contributed by atoms with van der Waals surface area (Å²) in [5, 5.41) is 7.74. The summed E-state index contributed by atoms with van der Waals surface area (Å²) in [6.45, 7) is 2.22. The first-order valence-corrected chi connectivity index (χ1v) is 10.2. The normalized spacial score (nSPS) is 15.5. The summed E-state index contributed by atoms with van der Waals surface area (Å²) in [5.41, 5.74) is 0. The Morgan fingerprint density at radius 2 is 1.71 bits per heavy atom. The van der Waals surface area contributed by atoms with Crippen molar-refractivity contribution in [2.45, 2.75) is 82.3 Å². The van der Waals surface area contributed by atoms with E-state index in [4.69, 9.17) is 10.7 Å². The fourth-order valence-electron chi connectivity index (χ4n) is 2.58. The lowest BCUT2D eigenvalue weighted by Crippen LogP contribution is -2.08. The Kier molecular flexibility index (Phi) is 6.05. The van der Waals surface area contributed by atoms with Crippen LogP contribution in [0.2, 0.25) is 0 Å². The maximum atomic E-state index is 11.5. The molecule has 21 heavy (non-hydrogen) atoms. The lowest BCUT2D eigenvalue weighted by atomic mass is 10.1. The molecule has 120 valence electrons. The predicted octanol–water partition coefficient (Wildman–Crippen LogP) is 3.83. The number of nitrogens with zero attached hydrogens (tertiary/aromatic N) is 3. The molecule has 2 rings (SSSR count). The van der Waals surface area contributed by atoms with Gasteiger partial charge in [0.25, 0.3) is 14.2 Å². The van der Waals surface area contributed by atoms with Gasteiger partial charge in [0, 0.05) is 23.1 Å². The van der Waals surface area contributed by atoms with Crippen molar-refractivity contribution in [1.82, 2.24) is 14.8 Å². The summed E-state index contributed by atoms with van der Waals surface area (Å²) in [5.74, 6) is 0.769. The molecule has 0 N–H and O–H groups in total. The monoisotopic (exact) mass is 333 g/mol. The molecule has 0 unspecified atom stereocenters. The van der Waals surface area contributed by atoms with E-state index in [-0.39, 0.29) is 11.2 Å². The van der Waals surface area contributed by atoms with Crippen molar-refractivity contribution >= 4 is 19.7 Å². The SMILES string of the molecule is CCCCCCCCCc1nnc(S(=O)(=O)Cl)n1C1CC1. The quantitative estimate of drug-likeness (QED) is 0.482. The van der Waals surface area contributed by atoms with Crippen LogP contribution in [0, 0.1) is 0 Å². The van der Waals surface area contributed by atoms with E-state index in [0.29, 0.717) is 0 Å². The topological polar surface area (TPSA) is 64.8 Å². The standard InChI is InChI=1S/C14H24ClN3O2S/c1-2-3-4-5-6-7-8-9-13-16-17-14(21(15,19)20)18(13)12-10-11-12/h12H,2-11H2,1H3. The van der Waals surface area contributed by atoms with Gasteiger partial charge in [-0.25, -0.2) is 8.42 Å². The van der Waals surface area contributed by atoms with E-state index in [2.05, 4.69) is 17.1 Å². The maximum absolute atomic E-state index is 11.5. The minimum absolute atomic E-state index is 0.0791. The molecule has 0 radical (unpaired) electrons. The third-order valence-corrected chi connectivity index (χ3v) is 5.00. The Balaban J connectivity index is 1.85. The highest BCUT2D eigenvalue weighted by atomic mass is 35.7. The van der Waals surface area contributed by atoms with Crippen molar-refractivity contribution in [3.63, 3.8) is 0 Å². The fourth-order valence-corrected chi connectivity index (χ4v) is 3.53. The van der Waals surface area contributed by atoms with Crippen molar-refractivity contribution < 1.29 is 8.42 Å². The van der Waals surface area contributed by atoms with Gasteiger partial charge in [0.05, 0.1) is 0 Å². The lowest BCUT2D eigenvalue weighted by Gasteiger charge is -2.07. The minimum atomic E-state index is -3.80. The average molecular weight is 334 g/mol. The van der Waals surface area contributed by atoms with Gasteiger partial charge in [-0.05, 0) is 19.3 Å². The van der Waals surface area contributed by atoms with E-state index in [1.807, 2.05) is 0 Å². The van der Waals surface area contributed by atoms with Gasteiger partial charge in [-0.15, -0.1) is 10.2 Å². The van der Waals surface area contributed by atoms with Crippen molar-refractivity contribution in [2.75, 3.05) is 0 Å². The summed E-state index contributed by atoms with van der Waals surface area (Å²) >= 11 is 0. The Hall–Kier alpha value is -0.620. The molecule has 0 bridgehead atoms. The zero-order valence-electron chi connectivity index (χ0n) is 12.6. The molecule has 1 aliphatic carbocycles. The molecular weight excluding hydrogens is 310 g/mol. The molecule has 1 aliphatic rings. The highest BCUT2D eigenvalue weighted by molar-refractivity contribution is 8.13. The average Bonchev–Trinajstić information content (AvgIpc) is 3.16. The van der Waals surface area contributed by atoms with Gasteiger partial charge in [0.2, 0.25) is 0 Å². The maximum Gasteiger partial charge on any atom is 0.296 e. The largest absolute Gasteiger partial charge is 0.298 e. The number of hydrogen-bond donors (Lipinski definition) is 0. The molecule has 1 fully saturated rings. The van der Waals surface area contributed by atoms with Crippen LogP contribution in [0.15, 0.2) is 5.16 Å². The summed E-state index contributed by atoms with van der Waals surface area (Å²) < 4.78 is 24.8. The van der Waals surface area contributed by atoms with E-state index in [1.54, 1.807) is 4.57 Å². The number of aryl methyl sites for hydroxylation is 1. The van der Waals surface area contributed by atoms with Crippen molar-refractivity contribution in [2.24, 2.45) is 0 Å². The van der Waals surface area contributed by atoms with Gasteiger partial charge in [0.15, 0.2) is 0 Å². The first-order chi connectivity index (χ1) is 10.0. The van der Waals surface area contributed by atoms with E-state index >= 15 is 0 Å². The Morgan fingerprint density at radius 3 is 2.29 bits per heavy atom. The van der Waals surface area contributed by atoms with Crippen LogP contribution < -0.4 is 0 Å². The van der Waals surface area contributed by atoms with Crippen molar-refractivity contribution in [1.29, 1.82) is 0 Å². The highest BCUT2D eigenvalue weighted by Crippen LogP contribution is 2.38. The van der Waals surface area contributed by atoms with Gasteiger partial charge in [0.1, 0.15) is 5.82 Å². The van der Waals surface area contributed by atoms with Gasteiger partial charge in [-0.2, -0.15) is 0 Å². The van der Waals surface area contributed by atoms with Crippen LogP contribution >= 0.6 is 10.7 Å². The van der Waals surface area contributed by atoms with E-state index in [0.717, 1.165) is 37.9 Å². The molecule has 0 amide bonds. The van der Waals surface area contributed by atoms with E-state index in [1.165, 1.54) is 32.1 Å². The number of unbranched alkanes of at least 4 members (excludes halogenated alkanes) is 6. The Morgan fingerprint density at radius 1 is 1.10 bits per heavy atom. The highest BCUT2D eigenvalue weighted by Gasteiger charge is 2.33. The molecular formula is C14H24ClN3O2S. The van der Waals surface area contributed by atoms with E-state index in [9.17, 15) is 8.42 Å². The molecule has 1 aromatic rings. The zero-order valence-corrected chi connectivity index (χ0v) is 14.2. The zero-order chi connectivity index (χ0) is 15.3. The van der Waals surface area contributed by atoms with Crippen LogP contribution in [0.25, 0.3) is 0 Å². The van der Waals surface area contributed by atoms with Crippen LogP contribution in [0.3, 0.4) is 0 Å². The molecule has 0 atom stereocenters. The van der Waals surface area contributed by atoms with Crippen LogP contribution in [-0.4, -0.2) is 23.2 Å². The molecule has 0 spiro atoms. The molecule has 5 nitrogen and oxygen atoms in total. The van der Waals surface area contributed by atoms with Gasteiger partial charge in [-0.1, -0.05) is 45.4 Å². The second kappa shape index (κ2) is 7.58. The van der Waals surface area contributed by atoms with E-state index < -0.39 is 9.05 Å². The molecule has 1 heterocycles. The predicted molar refractivity (Wildman–Crippen MR) is 83.0 cm³/mol. The minimum Gasteiger partial charge on any atom is -0.298 e. The first kappa shape index (κ1) is 16.7. The lowest BCUT2D eigenvalue weighted by molar-refractivity contribution is 0.552. The molecule has 0 aliphatic heterocycles. The van der Waals surface area contributed by atoms with Crippen LogP contribution in [0.5, 0.6) is 0 Å². The second-order valence-electron chi connectivity index (χ2n) is 5.81. The number of aromatic nitrogens is 3. The van der Waals surface area contributed by atoms with Crippen LogP contribution in [0.4, 0.5) is 0 Å². The smallest absolute Gasteiger partial charge is 0.296 e. The third-order valence-electron chi connectivity index (χ3n) is 3.87. The van der Waals surface area contributed by atoms with Crippen LogP contribution in [-0.2, 0) is 15.5 Å². The molecule has 1 aromatic heterocycles. The summed E-state index contributed by atoms with van der Waals surface area (Å²) in [6.07, 6.45) is 11.3. The van der Waals surface area contributed by atoms with Crippen LogP contribution in [0.1, 0.15) is 76.6 Å². The van der Waals surface area contributed by atoms with Gasteiger partial charge < -0.3 is 0 Å². The molecule has 0 aromatic carbocycles. The number of hydrogen-bond acceptors (Lipinski definition) is 4. The summed E-state index contributed by atoms with van der Waals surface area (Å²) in [4.78, 5) is 0. The van der Waals surface area contributed by atoms with Crippen molar-refractivity contribution in [3.8, 4) is 0 Å². The fraction of sp³-hybridized carbons (Fsp3) is 0.857. The molecule has 0 saturated heterocycles. The summed E-state index contributed by atoms with van der Waals surface area (Å²) in [7, 11) is 1.63. The number of rotatable bonds is 10. The Bertz CT molecular complexity index is 553. The van der Waals surface area contributed by atoms with Crippen molar-refractivity contribution in [3.05, 3.63) is 5.82 Å². The number of halogens is 1. The molecule has 1 saturated carbocycles. The first-order valence-electron chi connectivity index (χ1n) is 7.92. The molecule has 7 heteroatoms. The second-order valence-corrected chi connectivity index (χ2v) is 8.27. The Labute approximate surface area is 131 Å². The van der Waals surface area contributed by atoms with Gasteiger partial charge >= 0.3 is 0 Å².